The summed E-state index contributed by atoms with van der Waals surface area (Å²) in [5.41, 5.74) is 1.38. The van der Waals surface area contributed by atoms with Crippen molar-refractivity contribution in [3.05, 3.63) is 58.3 Å². The van der Waals surface area contributed by atoms with Gasteiger partial charge in [0.15, 0.2) is 5.43 Å². The lowest BCUT2D eigenvalue weighted by atomic mass is 10.0. The number of hydrogen-bond acceptors (Lipinski definition) is 3. The highest BCUT2D eigenvalue weighted by molar-refractivity contribution is 7.24. The molecule has 3 heteroatoms. The highest BCUT2D eigenvalue weighted by Gasteiger charge is 2.07. The number of hydrogen-bond donors (Lipinski definition) is 0. The van der Waals surface area contributed by atoms with Crippen molar-refractivity contribution in [2.45, 2.75) is 33.6 Å². The van der Waals surface area contributed by atoms with Gasteiger partial charge in [0.1, 0.15) is 5.78 Å². The third-order valence-corrected chi connectivity index (χ3v) is 4.42. The summed E-state index contributed by atoms with van der Waals surface area (Å²) in [6, 6.07) is 14.1. The Kier molecular flexibility index (Phi) is 5.09. The van der Waals surface area contributed by atoms with Crippen LogP contribution in [0.3, 0.4) is 0 Å². The monoisotopic (exact) mass is 312 g/mol. The molecule has 0 radical (unpaired) electrons. The average molecular weight is 312 g/mol. The van der Waals surface area contributed by atoms with Gasteiger partial charge < -0.3 is 4.79 Å². The highest BCUT2D eigenvalue weighted by atomic mass is 32.1. The maximum atomic E-state index is 12.5. The van der Waals surface area contributed by atoms with E-state index in [0.717, 1.165) is 20.2 Å². The lowest BCUT2D eigenvalue weighted by Crippen LogP contribution is -2.01. The zero-order chi connectivity index (χ0) is 16.3. The van der Waals surface area contributed by atoms with E-state index in [1.54, 1.807) is 11.3 Å². The van der Waals surface area contributed by atoms with Gasteiger partial charge in [0.25, 0.3) is 0 Å². The first-order valence-corrected chi connectivity index (χ1v) is 8.14. The Labute approximate surface area is 134 Å². The Balaban J connectivity index is 0.000000396. The van der Waals surface area contributed by atoms with E-state index in [1.165, 1.54) is 19.4 Å². The molecule has 22 heavy (non-hydrogen) atoms. The summed E-state index contributed by atoms with van der Waals surface area (Å²) in [7, 11) is 0. The van der Waals surface area contributed by atoms with Crippen LogP contribution in [0.15, 0.2) is 47.3 Å². The average Bonchev–Trinajstić information content (AvgIpc) is 2.46. The molecule has 114 valence electrons. The second-order valence-corrected chi connectivity index (χ2v) is 6.83. The minimum absolute atomic E-state index is 0.154. The van der Waals surface area contributed by atoms with Crippen LogP contribution >= 0.6 is 11.3 Å². The Bertz CT molecular complexity index is 871. The summed E-state index contributed by atoms with van der Waals surface area (Å²) in [5.74, 6) is 0.616. The van der Waals surface area contributed by atoms with Crippen LogP contribution in [0.5, 0.6) is 0 Å². The molecule has 0 unspecified atom stereocenters. The number of benzene rings is 2. The first-order valence-electron chi connectivity index (χ1n) is 7.33. The van der Waals surface area contributed by atoms with E-state index in [0.29, 0.717) is 5.92 Å². The summed E-state index contributed by atoms with van der Waals surface area (Å²) < 4.78 is 2.13. The van der Waals surface area contributed by atoms with Crippen LogP contribution in [0.4, 0.5) is 0 Å². The number of Topliss-reactive ketones (excluding diaryl/α,β-unsaturated/α-hetero) is 1. The zero-order valence-corrected chi connectivity index (χ0v) is 14.2. The fourth-order valence-corrected chi connectivity index (χ4v) is 3.23. The Morgan fingerprint density at radius 1 is 0.955 bits per heavy atom. The molecular weight excluding hydrogens is 292 g/mol. The van der Waals surface area contributed by atoms with Crippen LogP contribution < -0.4 is 5.43 Å². The van der Waals surface area contributed by atoms with Gasteiger partial charge in [-0.1, -0.05) is 32.0 Å². The summed E-state index contributed by atoms with van der Waals surface area (Å²) in [6.07, 6.45) is 0. The van der Waals surface area contributed by atoms with E-state index in [4.69, 9.17) is 0 Å². The summed E-state index contributed by atoms with van der Waals surface area (Å²) in [4.78, 5) is 21.9. The van der Waals surface area contributed by atoms with Gasteiger partial charge >= 0.3 is 0 Å². The first-order chi connectivity index (χ1) is 10.4. The van der Waals surface area contributed by atoms with E-state index < -0.39 is 0 Å². The molecule has 0 N–H and O–H groups in total. The standard InChI is InChI=1S/C16H14OS.C3H6O/c1-10(2)11-7-8-15-13(9-11)16(17)12-5-3-4-6-14(12)18-15;1-3(2)4/h3-10H,1-2H3;1-2H3. The minimum Gasteiger partial charge on any atom is -0.300 e. The van der Waals surface area contributed by atoms with Crippen molar-refractivity contribution in [3.8, 4) is 0 Å². The first kappa shape index (κ1) is 16.4. The van der Waals surface area contributed by atoms with Crippen molar-refractivity contribution >= 4 is 37.3 Å². The molecule has 0 aliphatic heterocycles. The number of rotatable bonds is 1. The normalized spacial score (nSPS) is 10.6. The molecule has 2 aromatic carbocycles. The molecule has 0 aliphatic rings. The third kappa shape index (κ3) is 3.60. The molecule has 0 saturated carbocycles. The molecule has 0 saturated heterocycles. The van der Waals surface area contributed by atoms with Crippen LogP contribution in [0.1, 0.15) is 39.2 Å². The third-order valence-electron chi connectivity index (χ3n) is 3.27. The van der Waals surface area contributed by atoms with Gasteiger partial charge in [0, 0.05) is 20.2 Å². The predicted molar refractivity (Wildman–Crippen MR) is 96.0 cm³/mol. The van der Waals surface area contributed by atoms with Crippen LogP contribution in [-0.2, 0) is 4.79 Å². The van der Waals surface area contributed by atoms with Gasteiger partial charge in [0.05, 0.1) is 0 Å². The van der Waals surface area contributed by atoms with Crippen molar-refractivity contribution < 1.29 is 4.79 Å². The van der Waals surface area contributed by atoms with E-state index in [2.05, 4.69) is 26.0 Å². The maximum absolute atomic E-state index is 12.5. The summed E-state index contributed by atoms with van der Waals surface area (Å²) in [5, 5.41) is 1.68. The topological polar surface area (TPSA) is 34.1 Å². The van der Waals surface area contributed by atoms with Gasteiger partial charge in [-0.05, 0) is 49.6 Å². The fraction of sp³-hybridized carbons (Fsp3) is 0.263. The molecule has 0 atom stereocenters. The maximum Gasteiger partial charge on any atom is 0.195 e. The lowest BCUT2D eigenvalue weighted by Gasteiger charge is -2.07. The number of ketones is 1. The second kappa shape index (κ2) is 6.84. The van der Waals surface area contributed by atoms with Crippen molar-refractivity contribution in [2.24, 2.45) is 0 Å². The van der Waals surface area contributed by atoms with E-state index in [-0.39, 0.29) is 11.2 Å². The van der Waals surface area contributed by atoms with Crippen LogP contribution in [0.25, 0.3) is 20.2 Å². The Hall–Kier alpha value is -2.00. The van der Waals surface area contributed by atoms with E-state index in [9.17, 15) is 9.59 Å². The van der Waals surface area contributed by atoms with Crippen molar-refractivity contribution in [1.82, 2.24) is 0 Å². The molecule has 1 heterocycles. The van der Waals surface area contributed by atoms with Crippen molar-refractivity contribution in [1.29, 1.82) is 0 Å². The van der Waals surface area contributed by atoms with E-state index >= 15 is 0 Å². The molecular formula is C19H20O2S. The van der Waals surface area contributed by atoms with Gasteiger partial charge in [-0.25, -0.2) is 0 Å². The van der Waals surface area contributed by atoms with Gasteiger partial charge in [-0.2, -0.15) is 0 Å². The largest absolute Gasteiger partial charge is 0.300 e. The van der Waals surface area contributed by atoms with Crippen LogP contribution in [-0.4, -0.2) is 5.78 Å². The molecule has 2 nitrogen and oxygen atoms in total. The molecule has 0 spiro atoms. The molecule has 0 amide bonds. The lowest BCUT2D eigenvalue weighted by molar-refractivity contribution is -0.114. The van der Waals surface area contributed by atoms with Crippen LogP contribution in [0, 0.1) is 0 Å². The molecule has 1 aromatic heterocycles. The van der Waals surface area contributed by atoms with Gasteiger partial charge in [-0.15, -0.1) is 11.3 Å². The Morgan fingerprint density at radius 2 is 1.55 bits per heavy atom. The SMILES string of the molecule is CC(C)=O.CC(C)c1ccc2sc3ccccc3c(=O)c2c1. The summed E-state index contributed by atoms with van der Waals surface area (Å²) in [6.45, 7) is 7.35. The molecule has 3 aromatic rings. The second-order valence-electron chi connectivity index (χ2n) is 5.75. The number of carbonyl (C=O) groups is 1. The summed E-state index contributed by atoms with van der Waals surface area (Å²) >= 11 is 1.69. The smallest absolute Gasteiger partial charge is 0.195 e. The molecule has 3 rings (SSSR count). The number of carbonyl (C=O) groups excluding carboxylic acids is 1. The van der Waals surface area contributed by atoms with Gasteiger partial charge in [-0.3, -0.25) is 4.79 Å². The Morgan fingerprint density at radius 3 is 2.18 bits per heavy atom. The molecule has 0 bridgehead atoms. The zero-order valence-electron chi connectivity index (χ0n) is 13.3. The van der Waals surface area contributed by atoms with E-state index in [1.807, 2.05) is 30.3 Å². The van der Waals surface area contributed by atoms with Gasteiger partial charge in [0.2, 0.25) is 0 Å². The predicted octanol–water partition coefficient (Wildman–Crippen LogP) is 5.13. The number of fused-ring (bicyclic) bond motifs is 2. The highest BCUT2D eigenvalue weighted by Crippen LogP contribution is 2.26. The quantitative estimate of drug-likeness (QED) is 0.583. The van der Waals surface area contributed by atoms with Crippen molar-refractivity contribution in [3.63, 3.8) is 0 Å². The minimum atomic E-state index is 0.154. The molecule has 0 aliphatic carbocycles. The van der Waals surface area contributed by atoms with Crippen LogP contribution in [0.2, 0.25) is 0 Å². The molecule has 0 fully saturated rings. The fourth-order valence-electron chi connectivity index (χ4n) is 2.18. The van der Waals surface area contributed by atoms with Crippen molar-refractivity contribution in [2.75, 3.05) is 0 Å².